The molecule has 1 atom stereocenters. The zero-order chi connectivity index (χ0) is 27.7. The monoisotopic (exact) mass is 550 g/mol. The van der Waals surface area contributed by atoms with Gasteiger partial charge in [-0.1, -0.05) is 17.7 Å². The van der Waals surface area contributed by atoms with E-state index in [9.17, 15) is 23.1 Å². The van der Waals surface area contributed by atoms with Crippen molar-refractivity contribution < 1.29 is 18.3 Å². The second-order valence-electron chi connectivity index (χ2n) is 9.47. The Labute approximate surface area is 220 Å². The maximum Gasteiger partial charge on any atom is 0.416 e. The number of alkyl halides is 3. The van der Waals surface area contributed by atoms with Crippen LogP contribution in [0, 0.1) is 0 Å². The summed E-state index contributed by atoms with van der Waals surface area (Å²) in [6.07, 6.45) is -5.04. The molecular formula is C24H26ClF3N8O2. The lowest BCUT2D eigenvalue weighted by atomic mass is 10.00. The van der Waals surface area contributed by atoms with Gasteiger partial charge in [-0.2, -0.15) is 17.9 Å². The zero-order valence-electron chi connectivity index (χ0n) is 20.6. The first-order chi connectivity index (χ1) is 17.8. The van der Waals surface area contributed by atoms with Gasteiger partial charge in [0.15, 0.2) is 23.6 Å². The molecular weight excluding hydrogens is 525 g/mol. The van der Waals surface area contributed by atoms with Gasteiger partial charge in [0.2, 0.25) is 0 Å². The van der Waals surface area contributed by atoms with Crippen LogP contribution in [0.25, 0.3) is 17.2 Å². The fourth-order valence-electron chi connectivity index (χ4n) is 3.65. The molecule has 0 unspecified atom stereocenters. The quantitative estimate of drug-likeness (QED) is 0.328. The van der Waals surface area contributed by atoms with E-state index in [2.05, 4.69) is 20.2 Å². The van der Waals surface area contributed by atoms with E-state index in [4.69, 9.17) is 17.3 Å². The predicted molar refractivity (Wildman–Crippen MR) is 134 cm³/mol. The van der Waals surface area contributed by atoms with Crippen molar-refractivity contribution >= 4 is 11.6 Å². The molecule has 3 heterocycles. The molecule has 0 radical (unpaired) electrons. The van der Waals surface area contributed by atoms with Crippen molar-refractivity contribution in [2.75, 3.05) is 0 Å². The van der Waals surface area contributed by atoms with Crippen LogP contribution in [0.3, 0.4) is 0 Å². The van der Waals surface area contributed by atoms with Crippen LogP contribution in [0.4, 0.5) is 13.2 Å². The highest BCUT2D eigenvalue weighted by atomic mass is 35.5. The van der Waals surface area contributed by atoms with Crippen LogP contribution >= 0.6 is 11.6 Å². The summed E-state index contributed by atoms with van der Waals surface area (Å²) in [5.41, 5.74) is 5.15. The first kappa shape index (κ1) is 27.5. The van der Waals surface area contributed by atoms with E-state index >= 15 is 0 Å². The van der Waals surface area contributed by atoms with Crippen molar-refractivity contribution in [2.45, 2.75) is 57.6 Å². The number of benzene rings is 1. The summed E-state index contributed by atoms with van der Waals surface area (Å²) < 4.78 is 42.6. The number of hydrogen-bond acceptors (Lipinski definition) is 7. The van der Waals surface area contributed by atoms with E-state index in [1.165, 1.54) is 28.9 Å². The van der Waals surface area contributed by atoms with Gasteiger partial charge in [-0.05, 0) is 56.7 Å². The summed E-state index contributed by atoms with van der Waals surface area (Å²) in [6, 6.07) is 11.4. The smallest absolute Gasteiger partial charge is 0.382 e. The normalized spacial score (nSPS) is 13.2. The molecule has 202 valence electrons. The number of hydrogen-bond donors (Lipinski definition) is 2. The van der Waals surface area contributed by atoms with Crippen molar-refractivity contribution in [3.05, 3.63) is 75.8 Å². The molecule has 14 heteroatoms. The SMILES string of the molecule is CC(C)(N)CCc1nc(Cn2nc(-c3ccc(Cl)cc3)n(C[C@H](O)C(F)(F)F)c2=O)nn1-c1ccccn1. The molecule has 0 saturated carbocycles. The molecule has 1 aromatic carbocycles. The molecule has 4 aromatic rings. The molecule has 10 nitrogen and oxygen atoms in total. The van der Waals surface area contributed by atoms with Gasteiger partial charge in [-0.15, -0.1) is 10.2 Å². The average Bonchev–Trinajstić information content (AvgIpc) is 3.39. The number of aliphatic hydroxyl groups excluding tert-OH is 1. The van der Waals surface area contributed by atoms with Gasteiger partial charge in [-0.3, -0.25) is 4.57 Å². The Morgan fingerprint density at radius 2 is 1.82 bits per heavy atom. The van der Waals surface area contributed by atoms with E-state index in [1.54, 1.807) is 24.4 Å². The fraction of sp³-hybridized carbons (Fsp3) is 0.375. The minimum absolute atomic E-state index is 0.0655. The first-order valence-corrected chi connectivity index (χ1v) is 12.0. The molecule has 0 aliphatic heterocycles. The largest absolute Gasteiger partial charge is 0.416 e. The number of nitrogens with zero attached hydrogens (tertiary/aromatic N) is 7. The van der Waals surface area contributed by atoms with Gasteiger partial charge in [0.1, 0.15) is 12.4 Å². The van der Waals surface area contributed by atoms with Crippen molar-refractivity contribution in [3.8, 4) is 17.2 Å². The topological polar surface area (TPSA) is 130 Å². The molecule has 0 fully saturated rings. The maximum absolute atomic E-state index is 13.2. The van der Waals surface area contributed by atoms with Crippen LogP contribution in [-0.4, -0.2) is 57.0 Å². The Morgan fingerprint density at radius 3 is 2.42 bits per heavy atom. The van der Waals surface area contributed by atoms with E-state index in [1.807, 2.05) is 13.8 Å². The van der Waals surface area contributed by atoms with E-state index < -0.39 is 30.1 Å². The minimum atomic E-state index is -4.92. The summed E-state index contributed by atoms with van der Waals surface area (Å²) in [5, 5.41) is 18.8. The van der Waals surface area contributed by atoms with Crippen LogP contribution in [0.1, 0.15) is 31.9 Å². The standard InChI is InChI=1S/C24H26ClF3N8O2/c1-23(2,29)11-10-20-31-18(32-36(20)19-5-3-4-12-30-19)14-35-22(38)34(13-17(37)24(26,27)28)21(33-35)15-6-8-16(25)9-7-15/h3-9,12,17,37H,10-11,13-14,29H2,1-2H3/t17-/m0/s1. The van der Waals surface area contributed by atoms with Gasteiger partial charge in [0.05, 0.1) is 6.54 Å². The second kappa shape index (κ2) is 10.7. The van der Waals surface area contributed by atoms with Crippen LogP contribution in [0.5, 0.6) is 0 Å². The molecule has 4 rings (SSSR count). The maximum atomic E-state index is 13.2. The van der Waals surface area contributed by atoms with Gasteiger partial charge >= 0.3 is 11.9 Å². The average molecular weight is 551 g/mol. The van der Waals surface area contributed by atoms with Gasteiger partial charge in [0, 0.05) is 28.7 Å². The van der Waals surface area contributed by atoms with Crippen molar-refractivity contribution in [1.29, 1.82) is 0 Å². The number of aromatic nitrogens is 7. The zero-order valence-corrected chi connectivity index (χ0v) is 21.4. The van der Waals surface area contributed by atoms with Crippen molar-refractivity contribution in [2.24, 2.45) is 5.73 Å². The van der Waals surface area contributed by atoms with Gasteiger partial charge in [-0.25, -0.2) is 19.4 Å². The number of rotatable bonds is 9. The molecule has 0 amide bonds. The second-order valence-corrected chi connectivity index (χ2v) is 9.91. The van der Waals surface area contributed by atoms with Crippen LogP contribution < -0.4 is 11.4 Å². The summed E-state index contributed by atoms with van der Waals surface area (Å²) >= 11 is 5.93. The molecule has 0 saturated heterocycles. The highest BCUT2D eigenvalue weighted by Gasteiger charge is 2.39. The van der Waals surface area contributed by atoms with Crippen LogP contribution in [0.15, 0.2) is 53.5 Å². The lowest BCUT2D eigenvalue weighted by molar-refractivity contribution is -0.207. The Balaban J connectivity index is 1.74. The van der Waals surface area contributed by atoms with Crippen LogP contribution in [-0.2, 0) is 19.5 Å². The Hall–Kier alpha value is -3.55. The number of aryl methyl sites for hydroxylation is 1. The van der Waals surface area contributed by atoms with Crippen molar-refractivity contribution in [1.82, 2.24) is 34.1 Å². The summed E-state index contributed by atoms with van der Waals surface area (Å²) in [6.45, 7) is 2.50. The molecule has 3 N–H and O–H groups in total. The molecule has 0 bridgehead atoms. The van der Waals surface area contributed by atoms with E-state index in [0.29, 0.717) is 35.1 Å². The predicted octanol–water partition coefficient (Wildman–Crippen LogP) is 2.98. The molecule has 0 aliphatic carbocycles. The van der Waals surface area contributed by atoms with Gasteiger partial charge in [0.25, 0.3) is 0 Å². The van der Waals surface area contributed by atoms with Gasteiger partial charge < -0.3 is 10.8 Å². The number of halogens is 4. The van der Waals surface area contributed by atoms with E-state index in [0.717, 1.165) is 9.25 Å². The Kier molecular flexibility index (Phi) is 7.72. The molecule has 3 aromatic heterocycles. The van der Waals surface area contributed by atoms with Crippen molar-refractivity contribution in [3.63, 3.8) is 0 Å². The number of pyridine rings is 1. The van der Waals surface area contributed by atoms with Crippen LogP contribution in [0.2, 0.25) is 5.02 Å². The third kappa shape index (κ3) is 6.47. The Bertz CT molecular complexity index is 1440. The van der Waals surface area contributed by atoms with E-state index in [-0.39, 0.29) is 18.2 Å². The lowest BCUT2D eigenvalue weighted by Gasteiger charge is -2.17. The summed E-state index contributed by atoms with van der Waals surface area (Å²) in [5.74, 6) is 1.19. The highest BCUT2D eigenvalue weighted by molar-refractivity contribution is 6.30. The lowest BCUT2D eigenvalue weighted by Crippen LogP contribution is -2.37. The third-order valence-electron chi connectivity index (χ3n) is 5.63. The molecule has 0 spiro atoms. The molecule has 0 aliphatic rings. The summed E-state index contributed by atoms with van der Waals surface area (Å²) in [4.78, 5) is 22.0. The Morgan fingerprint density at radius 1 is 1.11 bits per heavy atom. The third-order valence-corrected chi connectivity index (χ3v) is 5.88. The minimum Gasteiger partial charge on any atom is -0.382 e. The summed E-state index contributed by atoms with van der Waals surface area (Å²) in [7, 11) is 0. The number of aliphatic hydroxyl groups is 1. The highest BCUT2D eigenvalue weighted by Crippen LogP contribution is 2.24. The first-order valence-electron chi connectivity index (χ1n) is 11.7. The fourth-order valence-corrected chi connectivity index (χ4v) is 3.77. The number of nitrogens with two attached hydrogens (primary N) is 1. The molecule has 38 heavy (non-hydrogen) atoms.